The van der Waals surface area contributed by atoms with E-state index in [1.165, 1.54) is 0 Å². The van der Waals surface area contributed by atoms with Crippen molar-refractivity contribution in [1.82, 2.24) is 15.0 Å². The SMILES string of the molecule is CCc1c(C(=O)O)nnn1C1CCCOC1. The third-order valence-electron chi connectivity index (χ3n) is 2.81. The molecule has 0 spiro atoms. The van der Waals surface area contributed by atoms with Gasteiger partial charge in [-0.3, -0.25) is 0 Å². The van der Waals surface area contributed by atoms with Gasteiger partial charge in [-0.1, -0.05) is 12.1 Å². The zero-order valence-corrected chi connectivity index (χ0v) is 9.22. The van der Waals surface area contributed by atoms with Crippen molar-refractivity contribution < 1.29 is 14.6 Å². The van der Waals surface area contributed by atoms with Gasteiger partial charge in [0, 0.05) is 6.61 Å². The fourth-order valence-electron chi connectivity index (χ4n) is 2.02. The van der Waals surface area contributed by atoms with Crippen LogP contribution in [0.3, 0.4) is 0 Å². The first kappa shape index (κ1) is 11.1. The van der Waals surface area contributed by atoms with E-state index in [-0.39, 0.29) is 11.7 Å². The predicted molar refractivity (Wildman–Crippen MR) is 55.4 cm³/mol. The molecule has 0 aliphatic carbocycles. The highest BCUT2D eigenvalue weighted by Gasteiger charge is 2.24. The normalized spacial score (nSPS) is 20.9. The minimum absolute atomic E-state index is 0.0630. The van der Waals surface area contributed by atoms with E-state index in [0.717, 1.165) is 19.4 Å². The van der Waals surface area contributed by atoms with E-state index in [4.69, 9.17) is 9.84 Å². The van der Waals surface area contributed by atoms with Crippen LogP contribution < -0.4 is 0 Å². The van der Waals surface area contributed by atoms with Crippen molar-refractivity contribution in [3.63, 3.8) is 0 Å². The Labute approximate surface area is 93.2 Å². The lowest BCUT2D eigenvalue weighted by atomic mass is 10.1. The zero-order chi connectivity index (χ0) is 11.5. The Morgan fingerprint density at radius 1 is 1.69 bits per heavy atom. The van der Waals surface area contributed by atoms with Crippen LogP contribution in [0.2, 0.25) is 0 Å². The van der Waals surface area contributed by atoms with E-state index in [2.05, 4.69) is 10.3 Å². The van der Waals surface area contributed by atoms with Crippen molar-refractivity contribution in [2.45, 2.75) is 32.2 Å². The maximum atomic E-state index is 10.9. The smallest absolute Gasteiger partial charge is 0.358 e. The Kier molecular flexibility index (Phi) is 3.19. The second kappa shape index (κ2) is 4.61. The molecule has 1 atom stereocenters. The average molecular weight is 225 g/mol. The van der Waals surface area contributed by atoms with Crippen LogP contribution >= 0.6 is 0 Å². The molecule has 6 heteroatoms. The molecule has 0 radical (unpaired) electrons. The molecular weight excluding hydrogens is 210 g/mol. The van der Waals surface area contributed by atoms with Gasteiger partial charge < -0.3 is 9.84 Å². The Morgan fingerprint density at radius 2 is 2.50 bits per heavy atom. The lowest BCUT2D eigenvalue weighted by Gasteiger charge is -2.23. The molecule has 0 saturated carbocycles. The summed E-state index contributed by atoms with van der Waals surface area (Å²) in [5.41, 5.74) is 0.746. The highest BCUT2D eigenvalue weighted by Crippen LogP contribution is 2.21. The third kappa shape index (κ3) is 1.92. The summed E-state index contributed by atoms with van der Waals surface area (Å²) in [6, 6.07) is 0.129. The summed E-state index contributed by atoms with van der Waals surface area (Å²) in [7, 11) is 0. The number of aromatic nitrogens is 3. The molecule has 2 heterocycles. The summed E-state index contributed by atoms with van der Waals surface area (Å²) in [5.74, 6) is -1.01. The van der Waals surface area contributed by atoms with E-state index in [9.17, 15) is 4.79 Å². The summed E-state index contributed by atoms with van der Waals surface area (Å²) >= 11 is 0. The van der Waals surface area contributed by atoms with Gasteiger partial charge in [0.2, 0.25) is 0 Å². The van der Waals surface area contributed by atoms with E-state index >= 15 is 0 Å². The zero-order valence-electron chi connectivity index (χ0n) is 9.22. The van der Waals surface area contributed by atoms with Crippen molar-refractivity contribution in [1.29, 1.82) is 0 Å². The second-order valence-corrected chi connectivity index (χ2v) is 3.86. The van der Waals surface area contributed by atoms with Gasteiger partial charge in [-0.25, -0.2) is 9.48 Å². The standard InChI is InChI=1S/C10H15N3O3/c1-2-8-9(10(14)15)11-12-13(8)7-4-3-5-16-6-7/h7H,2-6H2,1H3,(H,14,15). The van der Waals surface area contributed by atoms with Crippen LogP contribution in [0.15, 0.2) is 0 Å². The van der Waals surface area contributed by atoms with Crippen LogP contribution in [0.25, 0.3) is 0 Å². The largest absolute Gasteiger partial charge is 0.476 e. The van der Waals surface area contributed by atoms with Gasteiger partial charge in [-0.15, -0.1) is 5.10 Å². The topological polar surface area (TPSA) is 77.2 Å². The van der Waals surface area contributed by atoms with Crippen LogP contribution in [-0.2, 0) is 11.2 Å². The predicted octanol–water partition coefficient (Wildman–Crippen LogP) is 0.890. The van der Waals surface area contributed by atoms with Gasteiger partial charge in [-0.05, 0) is 19.3 Å². The first-order valence-electron chi connectivity index (χ1n) is 5.49. The lowest BCUT2D eigenvalue weighted by molar-refractivity contribution is 0.0531. The maximum Gasteiger partial charge on any atom is 0.358 e. The van der Waals surface area contributed by atoms with Crippen LogP contribution in [-0.4, -0.2) is 39.3 Å². The Bertz CT molecular complexity index is 383. The van der Waals surface area contributed by atoms with Crippen molar-refractivity contribution in [3.05, 3.63) is 11.4 Å². The van der Waals surface area contributed by atoms with Gasteiger partial charge in [0.25, 0.3) is 0 Å². The molecule has 16 heavy (non-hydrogen) atoms. The van der Waals surface area contributed by atoms with Crippen LogP contribution in [0.1, 0.15) is 42.0 Å². The second-order valence-electron chi connectivity index (χ2n) is 3.86. The fraction of sp³-hybridized carbons (Fsp3) is 0.700. The number of carboxylic acids is 1. The lowest BCUT2D eigenvalue weighted by Crippen LogP contribution is -2.24. The molecular formula is C10H15N3O3. The van der Waals surface area contributed by atoms with E-state index in [1.807, 2.05) is 6.92 Å². The van der Waals surface area contributed by atoms with E-state index in [0.29, 0.717) is 18.7 Å². The number of carboxylic acid groups (broad SMARTS) is 1. The molecule has 88 valence electrons. The summed E-state index contributed by atoms with van der Waals surface area (Å²) in [4.78, 5) is 10.9. The summed E-state index contributed by atoms with van der Waals surface area (Å²) in [6.07, 6.45) is 2.57. The Balaban J connectivity index is 2.29. The number of hydrogen-bond donors (Lipinski definition) is 1. The number of aromatic carboxylic acids is 1. The number of ether oxygens (including phenoxy) is 1. The molecule has 1 saturated heterocycles. The minimum atomic E-state index is -1.01. The molecule has 1 N–H and O–H groups in total. The van der Waals surface area contributed by atoms with Gasteiger partial charge in [-0.2, -0.15) is 0 Å². The third-order valence-corrected chi connectivity index (χ3v) is 2.81. The van der Waals surface area contributed by atoms with Crippen molar-refractivity contribution in [3.8, 4) is 0 Å². The van der Waals surface area contributed by atoms with Gasteiger partial charge in [0.05, 0.1) is 18.3 Å². The first-order valence-corrected chi connectivity index (χ1v) is 5.49. The Morgan fingerprint density at radius 3 is 3.06 bits per heavy atom. The average Bonchev–Trinajstić information content (AvgIpc) is 2.73. The van der Waals surface area contributed by atoms with Crippen LogP contribution in [0.5, 0.6) is 0 Å². The monoisotopic (exact) mass is 225 g/mol. The molecule has 1 aromatic rings. The fourth-order valence-corrected chi connectivity index (χ4v) is 2.02. The number of rotatable bonds is 3. The summed E-state index contributed by atoms with van der Waals surface area (Å²) in [5, 5.41) is 16.6. The number of carbonyl (C=O) groups is 1. The van der Waals surface area contributed by atoms with Gasteiger partial charge in [0.15, 0.2) is 5.69 Å². The molecule has 0 aromatic carbocycles. The van der Waals surface area contributed by atoms with Crippen molar-refractivity contribution in [2.24, 2.45) is 0 Å². The molecule has 2 rings (SSSR count). The molecule has 1 aliphatic rings. The highest BCUT2D eigenvalue weighted by atomic mass is 16.5. The molecule has 0 amide bonds. The van der Waals surface area contributed by atoms with Gasteiger partial charge >= 0.3 is 5.97 Å². The van der Waals surface area contributed by atoms with Crippen molar-refractivity contribution >= 4 is 5.97 Å². The van der Waals surface area contributed by atoms with Crippen molar-refractivity contribution in [2.75, 3.05) is 13.2 Å². The molecule has 1 aliphatic heterocycles. The van der Waals surface area contributed by atoms with Crippen LogP contribution in [0.4, 0.5) is 0 Å². The summed E-state index contributed by atoms with van der Waals surface area (Å²) < 4.78 is 7.08. The van der Waals surface area contributed by atoms with E-state index in [1.54, 1.807) is 4.68 Å². The molecule has 1 fully saturated rings. The first-order chi connectivity index (χ1) is 7.74. The summed E-state index contributed by atoms with van der Waals surface area (Å²) in [6.45, 7) is 3.28. The number of hydrogen-bond acceptors (Lipinski definition) is 4. The number of nitrogens with zero attached hydrogens (tertiary/aromatic N) is 3. The quantitative estimate of drug-likeness (QED) is 0.826. The molecule has 1 aromatic heterocycles. The maximum absolute atomic E-state index is 10.9. The molecule has 1 unspecified atom stereocenters. The highest BCUT2D eigenvalue weighted by molar-refractivity contribution is 5.86. The minimum Gasteiger partial charge on any atom is -0.476 e. The Hall–Kier alpha value is -1.43. The molecule has 6 nitrogen and oxygen atoms in total. The van der Waals surface area contributed by atoms with Crippen LogP contribution in [0, 0.1) is 0 Å². The van der Waals surface area contributed by atoms with Gasteiger partial charge in [0.1, 0.15) is 0 Å². The van der Waals surface area contributed by atoms with E-state index < -0.39 is 5.97 Å². The molecule has 0 bridgehead atoms.